The Bertz CT molecular complexity index is 907. The van der Waals surface area contributed by atoms with Crippen LogP contribution < -0.4 is 10.6 Å². The number of hydrogen-bond donors (Lipinski definition) is 3. The number of carbonyl (C=O) groups is 2. The van der Waals surface area contributed by atoms with Crippen molar-refractivity contribution in [1.29, 1.82) is 0 Å². The second-order valence-corrected chi connectivity index (χ2v) is 5.54. The number of benzene rings is 2. The minimum atomic E-state index is -0.949. The standard InChI is InChI=1S/C19H17N3O3/c23-18(24)14-5-3-13(4-6-14)9-11-21-19(25)22-16-7-8-17-15(12-16)2-1-10-20-17/h1-8,10,12H,9,11H2,(H,23,24)(H2,21,22,25). The molecule has 0 fully saturated rings. The molecule has 6 heteroatoms. The van der Waals surface area contributed by atoms with Gasteiger partial charge in [0.1, 0.15) is 0 Å². The topological polar surface area (TPSA) is 91.3 Å². The molecule has 0 aliphatic carbocycles. The number of carboxylic acids is 1. The Labute approximate surface area is 144 Å². The Hall–Kier alpha value is -3.41. The Balaban J connectivity index is 1.51. The van der Waals surface area contributed by atoms with Gasteiger partial charge in [-0.3, -0.25) is 4.98 Å². The zero-order valence-electron chi connectivity index (χ0n) is 13.4. The van der Waals surface area contributed by atoms with Gasteiger partial charge >= 0.3 is 12.0 Å². The van der Waals surface area contributed by atoms with Crippen LogP contribution in [0.4, 0.5) is 10.5 Å². The van der Waals surface area contributed by atoms with Crippen molar-refractivity contribution in [1.82, 2.24) is 10.3 Å². The summed E-state index contributed by atoms with van der Waals surface area (Å²) >= 11 is 0. The number of amides is 2. The summed E-state index contributed by atoms with van der Waals surface area (Å²) in [6.45, 7) is 0.452. The van der Waals surface area contributed by atoms with Gasteiger partial charge in [-0.15, -0.1) is 0 Å². The second-order valence-electron chi connectivity index (χ2n) is 5.54. The molecule has 2 aromatic carbocycles. The van der Waals surface area contributed by atoms with Gasteiger partial charge in [0.15, 0.2) is 0 Å². The van der Waals surface area contributed by atoms with E-state index < -0.39 is 5.97 Å². The largest absolute Gasteiger partial charge is 0.478 e. The van der Waals surface area contributed by atoms with Crippen molar-refractivity contribution < 1.29 is 14.7 Å². The number of carbonyl (C=O) groups excluding carboxylic acids is 1. The number of nitrogens with one attached hydrogen (secondary N) is 2. The van der Waals surface area contributed by atoms with E-state index in [0.29, 0.717) is 18.7 Å². The highest BCUT2D eigenvalue weighted by atomic mass is 16.4. The van der Waals surface area contributed by atoms with Gasteiger partial charge in [0.25, 0.3) is 0 Å². The molecular formula is C19H17N3O3. The molecule has 3 rings (SSSR count). The molecule has 126 valence electrons. The molecule has 3 N–H and O–H groups in total. The van der Waals surface area contributed by atoms with Gasteiger partial charge in [-0.25, -0.2) is 9.59 Å². The first kappa shape index (κ1) is 16.4. The fourth-order valence-corrected chi connectivity index (χ4v) is 2.46. The molecule has 1 aromatic heterocycles. The molecule has 0 unspecified atom stereocenters. The van der Waals surface area contributed by atoms with Gasteiger partial charge in [-0.05, 0) is 48.4 Å². The van der Waals surface area contributed by atoms with E-state index in [-0.39, 0.29) is 11.6 Å². The number of urea groups is 1. The normalized spacial score (nSPS) is 10.4. The number of hydrogen-bond acceptors (Lipinski definition) is 3. The number of pyridine rings is 1. The summed E-state index contributed by atoms with van der Waals surface area (Å²) in [5, 5.41) is 15.4. The van der Waals surface area contributed by atoms with Crippen LogP contribution in [0.3, 0.4) is 0 Å². The number of nitrogens with zero attached hydrogens (tertiary/aromatic N) is 1. The summed E-state index contributed by atoms with van der Waals surface area (Å²) in [5.41, 5.74) is 2.78. The molecule has 3 aromatic rings. The molecule has 0 spiro atoms. The third-order valence-corrected chi connectivity index (χ3v) is 3.76. The number of anilines is 1. The van der Waals surface area contributed by atoms with Crippen molar-refractivity contribution in [2.75, 3.05) is 11.9 Å². The van der Waals surface area contributed by atoms with E-state index in [2.05, 4.69) is 15.6 Å². The van der Waals surface area contributed by atoms with Crippen LogP contribution in [0.5, 0.6) is 0 Å². The van der Waals surface area contributed by atoms with Crippen molar-refractivity contribution in [2.24, 2.45) is 0 Å². The van der Waals surface area contributed by atoms with E-state index in [9.17, 15) is 9.59 Å². The smallest absolute Gasteiger partial charge is 0.335 e. The lowest BCUT2D eigenvalue weighted by molar-refractivity contribution is 0.0697. The zero-order valence-corrected chi connectivity index (χ0v) is 13.4. The van der Waals surface area contributed by atoms with Crippen molar-refractivity contribution in [3.8, 4) is 0 Å². The summed E-state index contributed by atoms with van der Waals surface area (Å²) in [6, 6.07) is 15.6. The van der Waals surface area contributed by atoms with Gasteiger partial charge in [0.2, 0.25) is 0 Å². The third kappa shape index (κ3) is 4.32. The summed E-state index contributed by atoms with van der Waals surface area (Å²) in [4.78, 5) is 27.0. The van der Waals surface area contributed by atoms with Gasteiger partial charge < -0.3 is 15.7 Å². The Morgan fingerprint density at radius 2 is 1.84 bits per heavy atom. The van der Waals surface area contributed by atoms with Gasteiger partial charge in [-0.2, -0.15) is 0 Å². The van der Waals surface area contributed by atoms with Crippen molar-refractivity contribution in [3.63, 3.8) is 0 Å². The fraction of sp³-hybridized carbons (Fsp3) is 0.105. The maximum atomic E-state index is 12.0. The third-order valence-electron chi connectivity index (χ3n) is 3.76. The second kappa shape index (κ2) is 7.44. The first-order chi connectivity index (χ1) is 12.1. The van der Waals surface area contributed by atoms with Crippen LogP contribution in [0.25, 0.3) is 10.9 Å². The van der Waals surface area contributed by atoms with Gasteiger partial charge in [0, 0.05) is 23.8 Å². The molecule has 0 atom stereocenters. The molecule has 2 amide bonds. The lowest BCUT2D eigenvalue weighted by Gasteiger charge is -2.08. The molecule has 6 nitrogen and oxygen atoms in total. The predicted molar refractivity (Wildman–Crippen MR) is 95.9 cm³/mol. The summed E-state index contributed by atoms with van der Waals surface area (Å²) in [5.74, 6) is -0.949. The highest BCUT2D eigenvalue weighted by Crippen LogP contribution is 2.16. The van der Waals surface area contributed by atoms with E-state index in [1.165, 1.54) is 0 Å². The average molecular weight is 335 g/mol. The van der Waals surface area contributed by atoms with Crippen molar-refractivity contribution in [2.45, 2.75) is 6.42 Å². The number of rotatable bonds is 5. The SMILES string of the molecule is O=C(NCCc1ccc(C(=O)O)cc1)Nc1ccc2ncccc2c1. The number of carboxylic acid groups (broad SMARTS) is 1. The molecule has 0 aliphatic heterocycles. The first-order valence-electron chi connectivity index (χ1n) is 7.84. The summed E-state index contributed by atoms with van der Waals surface area (Å²) in [6.07, 6.45) is 2.35. The molecule has 1 heterocycles. The minimum absolute atomic E-state index is 0.250. The summed E-state index contributed by atoms with van der Waals surface area (Å²) in [7, 11) is 0. The molecule has 0 saturated heterocycles. The van der Waals surface area contributed by atoms with Crippen molar-refractivity contribution in [3.05, 3.63) is 71.9 Å². The molecule has 0 saturated carbocycles. The van der Waals surface area contributed by atoms with Crippen LogP contribution in [0.1, 0.15) is 15.9 Å². The molecule has 0 radical (unpaired) electrons. The predicted octanol–water partition coefficient (Wildman–Crippen LogP) is 3.30. The molecule has 0 aliphatic rings. The summed E-state index contributed by atoms with van der Waals surface area (Å²) < 4.78 is 0. The molecule has 0 bridgehead atoms. The van der Waals surface area contributed by atoms with Crippen LogP contribution in [-0.2, 0) is 6.42 Å². The fourth-order valence-electron chi connectivity index (χ4n) is 2.46. The maximum absolute atomic E-state index is 12.0. The van der Waals surface area contributed by atoms with E-state index >= 15 is 0 Å². The first-order valence-corrected chi connectivity index (χ1v) is 7.84. The van der Waals surface area contributed by atoms with Crippen molar-refractivity contribution >= 4 is 28.6 Å². The number of aromatic nitrogens is 1. The van der Waals surface area contributed by atoms with E-state index in [1.54, 1.807) is 36.5 Å². The highest BCUT2D eigenvalue weighted by molar-refractivity contribution is 5.92. The van der Waals surface area contributed by atoms with Crippen LogP contribution >= 0.6 is 0 Å². The van der Waals surface area contributed by atoms with Crippen LogP contribution in [0.15, 0.2) is 60.8 Å². The van der Waals surface area contributed by atoms with Crippen LogP contribution in [0.2, 0.25) is 0 Å². The Morgan fingerprint density at radius 3 is 2.60 bits per heavy atom. The minimum Gasteiger partial charge on any atom is -0.478 e. The van der Waals surface area contributed by atoms with Gasteiger partial charge in [-0.1, -0.05) is 18.2 Å². The zero-order chi connectivity index (χ0) is 17.6. The number of aromatic carboxylic acids is 1. The lowest BCUT2D eigenvalue weighted by Crippen LogP contribution is -2.30. The van der Waals surface area contributed by atoms with E-state index in [0.717, 1.165) is 16.5 Å². The maximum Gasteiger partial charge on any atom is 0.335 e. The van der Waals surface area contributed by atoms with E-state index in [1.807, 2.05) is 24.3 Å². The average Bonchev–Trinajstić information content (AvgIpc) is 2.62. The van der Waals surface area contributed by atoms with E-state index in [4.69, 9.17) is 5.11 Å². The molecular weight excluding hydrogens is 318 g/mol. The molecule has 25 heavy (non-hydrogen) atoms. The Morgan fingerprint density at radius 1 is 1.04 bits per heavy atom. The monoisotopic (exact) mass is 335 g/mol. The van der Waals surface area contributed by atoms with Crippen LogP contribution in [-0.4, -0.2) is 28.6 Å². The Kier molecular flexibility index (Phi) is 4.89. The number of fused-ring (bicyclic) bond motifs is 1. The quantitative estimate of drug-likeness (QED) is 0.667. The van der Waals surface area contributed by atoms with Gasteiger partial charge in [0.05, 0.1) is 11.1 Å². The highest BCUT2D eigenvalue weighted by Gasteiger charge is 2.04. The lowest BCUT2D eigenvalue weighted by atomic mass is 10.1. The van der Waals surface area contributed by atoms with Crippen LogP contribution in [0, 0.1) is 0 Å².